The van der Waals surface area contributed by atoms with Crippen LogP contribution >= 0.6 is 0 Å². The first-order chi connectivity index (χ1) is 15.1. The van der Waals surface area contributed by atoms with Crippen molar-refractivity contribution in [3.8, 4) is 0 Å². The van der Waals surface area contributed by atoms with Gasteiger partial charge in [-0.15, -0.1) is 0 Å². The predicted molar refractivity (Wildman–Crippen MR) is 124 cm³/mol. The van der Waals surface area contributed by atoms with Gasteiger partial charge in [-0.25, -0.2) is 9.18 Å². The fourth-order valence-corrected chi connectivity index (χ4v) is 5.11. The fraction of sp³-hybridized carbons (Fsp3) is 0.417. The van der Waals surface area contributed by atoms with Crippen molar-refractivity contribution in [3.05, 3.63) is 65.0 Å². The first kappa shape index (κ1) is 24.1. The van der Waals surface area contributed by atoms with Crippen LogP contribution in [-0.2, 0) is 22.6 Å². The van der Waals surface area contributed by atoms with Crippen LogP contribution in [0.1, 0.15) is 22.7 Å². The fourth-order valence-electron chi connectivity index (χ4n) is 3.74. The molecule has 0 saturated carbocycles. The number of aliphatic hydroxyl groups excluding tert-OH is 1. The summed E-state index contributed by atoms with van der Waals surface area (Å²) < 4.78 is 19.8. The van der Waals surface area contributed by atoms with Gasteiger partial charge in [0.2, 0.25) is 0 Å². The third-order valence-corrected chi connectivity index (χ3v) is 7.60. The molecule has 0 aliphatic carbocycles. The van der Waals surface area contributed by atoms with E-state index in [1.54, 1.807) is 31.4 Å². The first-order valence-electron chi connectivity index (χ1n) is 10.7. The number of aliphatic hydroxyl groups is 1. The summed E-state index contributed by atoms with van der Waals surface area (Å²) in [5.41, 5.74) is 2.16. The Morgan fingerprint density at radius 3 is 2.31 bits per heavy atom. The Labute approximate surface area is 189 Å². The molecule has 0 unspecified atom stereocenters. The highest BCUT2D eigenvalue weighted by Gasteiger charge is 2.32. The van der Waals surface area contributed by atoms with Crippen LogP contribution in [0.2, 0.25) is 19.6 Å². The smallest absolute Gasteiger partial charge is 0.318 e. The maximum atomic E-state index is 14.7. The van der Waals surface area contributed by atoms with Crippen molar-refractivity contribution in [2.45, 2.75) is 44.8 Å². The van der Waals surface area contributed by atoms with Crippen LogP contribution in [0.4, 0.5) is 9.18 Å². The number of ketones is 1. The van der Waals surface area contributed by atoms with Crippen LogP contribution in [0, 0.1) is 5.82 Å². The van der Waals surface area contributed by atoms with E-state index in [1.807, 2.05) is 12.1 Å². The summed E-state index contributed by atoms with van der Waals surface area (Å²) in [6.07, 6.45) is -0.535. The number of carbonyl (C=O) groups is 2. The van der Waals surface area contributed by atoms with Crippen molar-refractivity contribution in [1.29, 1.82) is 0 Å². The molecule has 0 aromatic heterocycles. The third kappa shape index (κ3) is 5.82. The summed E-state index contributed by atoms with van der Waals surface area (Å²) in [6.45, 7) is 7.14. The number of urea groups is 1. The van der Waals surface area contributed by atoms with Gasteiger partial charge in [0.25, 0.3) is 0 Å². The Morgan fingerprint density at radius 2 is 1.78 bits per heavy atom. The highest BCUT2D eigenvalue weighted by molar-refractivity contribution is 6.88. The molecule has 1 saturated heterocycles. The first-order valence-corrected chi connectivity index (χ1v) is 14.2. The van der Waals surface area contributed by atoms with Crippen molar-refractivity contribution in [2.24, 2.45) is 0 Å². The van der Waals surface area contributed by atoms with E-state index in [1.165, 1.54) is 11.0 Å². The number of Topliss-reactive ketones (excluding diaryl/α,β-unsaturated/α-hetero) is 1. The molecule has 6 nitrogen and oxygen atoms in total. The molecule has 0 bridgehead atoms. The molecule has 1 fully saturated rings. The molecule has 0 spiro atoms. The highest BCUT2D eigenvalue weighted by atomic mass is 28.3. The van der Waals surface area contributed by atoms with Gasteiger partial charge in [-0.2, -0.15) is 0 Å². The molecule has 32 heavy (non-hydrogen) atoms. The largest absolute Gasteiger partial charge is 0.389 e. The SMILES string of the molecule is COCc1ccc([C@@H](NC(=O)N2CC(O)C2)C(=O)Cc2ccc([Si](C)(C)C)c(F)c2)cc1. The number of hydrogen-bond acceptors (Lipinski definition) is 4. The molecule has 2 aromatic rings. The minimum atomic E-state index is -1.82. The number of hydrogen-bond donors (Lipinski definition) is 2. The summed E-state index contributed by atoms with van der Waals surface area (Å²) in [7, 11) is -0.213. The number of β-amino-alcohol motifs (C(OH)–C–C–N with tert-alkyl or cyclic N) is 1. The normalized spacial score (nSPS) is 15.2. The lowest BCUT2D eigenvalue weighted by Gasteiger charge is -2.36. The highest BCUT2D eigenvalue weighted by Crippen LogP contribution is 2.20. The standard InChI is InChI=1S/C24H31FN2O4Si/c1-31-15-16-5-8-18(9-6-16)23(26-24(30)27-13-19(28)14-27)21(29)12-17-7-10-22(20(25)11-17)32(2,3)4/h5-11,19,23,28H,12-15H2,1-4H3,(H,26,30)/t23-/m1/s1. The maximum Gasteiger partial charge on any atom is 0.318 e. The lowest BCUT2D eigenvalue weighted by molar-refractivity contribution is -0.120. The lowest BCUT2D eigenvalue weighted by atomic mass is 9.96. The molecular weight excluding hydrogens is 427 g/mol. The summed E-state index contributed by atoms with van der Waals surface area (Å²) in [5, 5.41) is 13.0. The number of nitrogens with zero attached hydrogens (tertiary/aromatic N) is 1. The lowest BCUT2D eigenvalue weighted by Crippen LogP contribution is -2.57. The molecule has 1 aliphatic rings. The molecule has 2 aromatic carbocycles. The molecule has 172 valence electrons. The summed E-state index contributed by atoms with van der Waals surface area (Å²) in [5.74, 6) is -0.521. The number of ether oxygens (including phenoxy) is 1. The number of methoxy groups -OCH3 is 1. The Hall–Kier alpha value is -2.55. The quantitative estimate of drug-likeness (QED) is 0.597. The Kier molecular flexibility index (Phi) is 7.48. The van der Waals surface area contributed by atoms with Gasteiger partial charge in [0.1, 0.15) is 11.9 Å². The van der Waals surface area contributed by atoms with Crippen molar-refractivity contribution in [2.75, 3.05) is 20.2 Å². The van der Waals surface area contributed by atoms with E-state index in [4.69, 9.17) is 4.74 Å². The number of carbonyl (C=O) groups excluding carboxylic acids is 2. The van der Waals surface area contributed by atoms with Gasteiger partial charge in [-0.05, 0) is 27.9 Å². The second-order valence-corrected chi connectivity index (χ2v) is 14.4. The molecule has 0 radical (unpaired) electrons. The molecule has 1 aliphatic heterocycles. The van der Waals surface area contributed by atoms with Crippen LogP contribution in [0.5, 0.6) is 0 Å². The van der Waals surface area contributed by atoms with E-state index in [0.29, 0.717) is 17.7 Å². The van der Waals surface area contributed by atoms with Crippen LogP contribution in [-0.4, -0.2) is 56.2 Å². The van der Waals surface area contributed by atoms with E-state index in [9.17, 15) is 19.1 Å². The minimum absolute atomic E-state index is 0.00368. The van der Waals surface area contributed by atoms with Crippen molar-refractivity contribution in [3.63, 3.8) is 0 Å². The summed E-state index contributed by atoms with van der Waals surface area (Å²) in [4.78, 5) is 27.2. The number of nitrogens with one attached hydrogen (secondary N) is 1. The van der Waals surface area contributed by atoms with Gasteiger partial charge >= 0.3 is 6.03 Å². The van der Waals surface area contributed by atoms with Gasteiger partial charge in [0.05, 0.1) is 33.9 Å². The van der Waals surface area contributed by atoms with E-state index >= 15 is 0 Å². The van der Waals surface area contributed by atoms with E-state index < -0.39 is 26.3 Å². The maximum absolute atomic E-state index is 14.7. The molecule has 2 N–H and O–H groups in total. The van der Waals surface area contributed by atoms with Crippen molar-refractivity contribution >= 4 is 25.1 Å². The zero-order valence-corrected chi connectivity index (χ0v) is 20.0. The van der Waals surface area contributed by atoms with Crippen LogP contribution in [0.25, 0.3) is 0 Å². The van der Waals surface area contributed by atoms with E-state index in [2.05, 4.69) is 25.0 Å². The third-order valence-electron chi connectivity index (χ3n) is 5.58. The average Bonchev–Trinajstić information content (AvgIpc) is 2.69. The van der Waals surface area contributed by atoms with Crippen molar-refractivity contribution in [1.82, 2.24) is 10.2 Å². The van der Waals surface area contributed by atoms with Crippen LogP contribution in [0.15, 0.2) is 42.5 Å². The summed E-state index contributed by atoms with van der Waals surface area (Å²) >= 11 is 0. The van der Waals surface area contributed by atoms with Crippen molar-refractivity contribution < 1.29 is 23.8 Å². The Balaban J connectivity index is 1.81. The molecular formula is C24H31FN2O4Si. The zero-order valence-electron chi connectivity index (χ0n) is 19.0. The summed E-state index contributed by atoms with van der Waals surface area (Å²) in [6, 6.07) is 11.0. The number of halogens is 1. The number of benzene rings is 2. The Morgan fingerprint density at radius 1 is 1.16 bits per heavy atom. The Bertz CT molecular complexity index is 969. The van der Waals surface area contributed by atoms with Crippen LogP contribution < -0.4 is 10.5 Å². The van der Waals surface area contributed by atoms with E-state index in [-0.39, 0.29) is 31.1 Å². The van der Waals surface area contributed by atoms with Gasteiger partial charge < -0.3 is 20.1 Å². The topological polar surface area (TPSA) is 78.9 Å². The van der Waals surface area contributed by atoms with Crippen LogP contribution in [0.3, 0.4) is 0 Å². The van der Waals surface area contributed by atoms with Gasteiger partial charge in [0.15, 0.2) is 5.78 Å². The number of amides is 2. The molecule has 1 heterocycles. The number of likely N-dealkylation sites (tertiary alicyclic amines) is 1. The second kappa shape index (κ2) is 9.93. The van der Waals surface area contributed by atoms with Gasteiger partial charge in [-0.1, -0.05) is 56.0 Å². The molecule has 3 rings (SSSR count). The molecule has 2 amide bonds. The monoisotopic (exact) mass is 458 g/mol. The minimum Gasteiger partial charge on any atom is -0.389 e. The van der Waals surface area contributed by atoms with E-state index in [0.717, 1.165) is 10.8 Å². The average molecular weight is 459 g/mol. The molecule has 1 atom stereocenters. The van der Waals surface area contributed by atoms with Gasteiger partial charge in [-0.3, -0.25) is 4.79 Å². The predicted octanol–water partition coefficient (Wildman–Crippen LogP) is 2.76. The molecule has 8 heteroatoms. The van der Waals surface area contributed by atoms with Gasteiger partial charge in [0, 0.05) is 13.5 Å². The second-order valence-electron chi connectivity index (χ2n) is 9.32. The number of rotatable bonds is 8. The zero-order chi connectivity index (χ0) is 23.5.